The quantitative estimate of drug-likeness (QED) is 0.563. The number of aromatic nitrogens is 2. The summed E-state index contributed by atoms with van der Waals surface area (Å²) in [4.78, 5) is 7.85. The molecule has 2 rings (SSSR count). The highest BCUT2D eigenvalue weighted by atomic mass is 16.3. The maximum absolute atomic E-state index is 9.29. The highest BCUT2D eigenvalue weighted by molar-refractivity contribution is 5.23. The zero-order valence-corrected chi connectivity index (χ0v) is 5.49. The van der Waals surface area contributed by atoms with Gasteiger partial charge in [-0.2, -0.15) is 0 Å². The highest BCUT2D eigenvalue weighted by Gasteiger charge is 2.20. The van der Waals surface area contributed by atoms with Crippen molar-refractivity contribution in [3.63, 3.8) is 0 Å². The monoisotopic (exact) mass is 136 g/mol. The summed E-state index contributed by atoms with van der Waals surface area (Å²) in [5.74, 6) is 0. The summed E-state index contributed by atoms with van der Waals surface area (Å²) in [5.41, 5.74) is 1.91. The predicted octanol–water partition coefficient (Wildman–Crippen LogP) is 0.456. The molecule has 0 spiro atoms. The Morgan fingerprint density at radius 3 is 3.30 bits per heavy atom. The molecule has 0 fully saturated rings. The van der Waals surface area contributed by atoms with Crippen molar-refractivity contribution in [1.29, 1.82) is 0 Å². The molecule has 1 heterocycles. The van der Waals surface area contributed by atoms with Gasteiger partial charge in [-0.25, -0.2) is 9.97 Å². The van der Waals surface area contributed by atoms with Crippen LogP contribution in [0.15, 0.2) is 12.5 Å². The van der Waals surface area contributed by atoms with E-state index in [1.165, 1.54) is 6.33 Å². The van der Waals surface area contributed by atoms with Crippen LogP contribution < -0.4 is 0 Å². The Morgan fingerprint density at radius 1 is 1.60 bits per heavy atom. The van der Waals surface area contributed by atoms with E-state index >= 15 is 0 Å². The summed E-state index contributed by atoms with van der Waals surface area (Å²) >= 11 is 0. The van der Waals surface area contributed by atoms with Crippen molar-refractivity contribution in [2.24, 2.45) is 0 Å². The van der Waals surface area contributed by atoms with Crippen LogP contribution in [-0.4, -0.2) is 15.1 Å². The Kier molecular flexibility index (Phi) is 1.17. The van der Waals surface area contributed by atoms with E-state index in [2.05, 4.69) is 9.97 Å². The molecule has 0 saturated carbocycles. The van der Waals surface area contributed by atoms with E-state index < -0.39 is 0 Å². The molecular formula is C7H8N2O. The summed E-state index contributed by atoms with van der Waals surface area (Å²) < 4.78 is 0. The molecule has 0 aromatic carbocycles. The molecule has 1 aliphatic carbocycles. The fraction of sp³-hybridized carbons (Fsp3) is 0.429. The minimum Gasteiger partial charge on any atom is -0.387 e. The normalized spacial score (nSPS) is 22.7. The van der Waals surface area contributed by atoms with Crippen molar-refractivity contribution in [3.8, 4) is 0 Å². The average Bonchev–Trinajstić information content (AvgIpc) is 2.34. The third-order valence-corrected chi connectivity index (χ3v) is 1.83. The molecule has 1 aliphatic rings. The summed E-state index contributed by atoms with van der Waals surface area (Å²) in [6.45, 7) is 0. The predicted molar refractivity (Wildman–Crippen MR) is 35.3 cm³/mol. The van der Waals surface area contributed by atoms with Crippen LogP contribution in [0, 0.1) is 0 Å². The summed E-state index contributed by atoms with van der Waals surface area (Å²) in [5, 5.41) is 9.29. The first kappa shape index (κ1) is 5.80. The van der Waals surface area contributed by atoms with Gasteiger partial charge in [-0.3, -0.25) is 0 Å². The zero-order chi connectivity index (χ0) is 6.97. The number of rotatable bonds is 0. The molecule has 0 radical (unpaired) electrons. The minimum absolute atomic E-state index is 0.349. The Bertz CT molecular complexity index is 249. The second-order valence-corrected chi connectivity index (χ2v) is 2.49. The van der Waals surface area contributed by atoms with E-state index in [1.807, 2.05) is 0 Å². The minimum atomic E-state index is -0.349. The third-order valence-electron chi connectivity index (χ3n) is 1.83. The van der Waals surface area contributed by atoms with E-state index in [0.29, 0.717) is 0 Å². The lowest BCUT2D eigenvalue weighted by Crippen LogP contribution is -1.94. The van der Waals surface area contributed by atoms with Gasteiger partial charge in [0.15, 0.2) is 0 Å². The van der Waals surface area contributed by atoms with Gasteiger partial charge < -0.3 is 5.11 Å². The summed E-state index contributed by atoms with van der Waals surface area (Å²) in [6.07, 6.45) is 4.62. The van der Waals surface area contributed by atoms with Crippen LogP contribution in [0.4, 0.5) is 0 Å². The molecule has 0 aliphatic heterocycles. The second kappa shape index (κ2) is 2.02. The fourth-order valence-corrected chi connectivity index (χ4v) is 1.29. The summed E-state index contributed by atoms with van der Waals surface area (Å²) in [6, 6.07) is 0. The van der Waals surface area contributed by atoms with Gasteiger partial charge in [-0.05, 0) is 18.4 Å². The fourth-order valence-electron chi connectivity index (χ4n) is 1.29. The Balaban J connectivity index is 2.51. The average molecular weight is 136 g/mol. The molecular weight excluding hydrogens is 128 g/mol. The molecule has 0 amide bonds. The molecule has 0 bridgehead atoms. The molecule has 1 N–H and O–H groups in total. The number of aliphatic hydroxyl groups excluding tert-OH is 1. The number of hydrogen-bond donors (Lipinski definition) is 1. The van der Waals surface area contributed by atoms with Gasteiger partial charge in [0, 0.05) is 6.20 Å². The number of hydrogen-bond acceptors (Lipinski definition) is 3. The number of fused-ring (bicyclic) bond motifs is 1. The third kappa shape index (κ3) is 0.708. The second-order valence-electron chi connectivity index (χ2n) is 2.49. The topological polar surface area (TPSA) is 46.0 Å². The van der Waals surface area contributed by atoms with E-state index in [0.717, 1.165) is 24.1 Å². The van der Waals surface area contributed by atoms with Crippen molar-refractivity contribution in [3.05, 3.63) is 23.8 Å². The van der Waals surface area contributed by atoms with Gasteiger partial charge in [0.05, 0.1) is 11.8 Å². The lowest BCUT2D eigenvalue weighted by Gasteiger charge is -1.98. The molecule has 1 aromatic heterocycles. The van der Waals surface area contributed by atoms with Crippen LogP contribution in [0.1, 0.15) is 23.8 Å². The highest BCUT2D eigenvalue weighted by Crippen LogP contribution is 2.27. The summed E-state index contributed by atoms with van der Waals surface area (Å²) in [7, 11) is 0. The Morgan fingerprint density at radius 2 is 2.50 bits per heavy atom. The lowest BCUT2D eigenvalue weighted by atomic mass is 10.3. The standard InChI is InChI=1S/C7H8N2O/c10-6-2-1-5-3-8-4-9-7(5)6/h3-4,6,10H,1-2H2/t6-/m1/s1. The van der Waals surface area contributed by atoms with Gasteiger partial charge in [0.25, 0.3) is 0 Å². The van der Waals surface area contributed by atoms with Gasteiger partial charge in [0.2, 0.25) is 0 Å². The maximum atomic E-state index is 9.29. The Hall–Kier alpha value is -0.960. The number of aryl methyl sites for hydroxylation is 1. The maximum Gasteiger partial charge on any atom is 0.115 e. The van der Waals surface area contributed by atoms with Crippen LogP contribution >= 0.6 is 0 Å². The molecule has 3 nitrogen and oxygen atoms in total. The van der Waals surface area contributed by atoms with Crippen LogP contribution in [0.25, 0.3) is 0 Å². The largest absolute Gasteiger partial charge is 0.387 e. The van der Waals surface area contributed by atoms with Gasteiger partial charge in [-0.1, -0.05) is 0 Å². The smallest absolute Gasteiger partial charge is 0.115 e. The van der Waals surface area contributed by atoms with Crippen molar-refractivity contribution in [2.75, 3.05) is 0 Å². The van der Waals surface area contributed by atoms with Gasteiger partial charge in [0.1, 0.15) is 6.33 Å². The first-order valence-corrected chi connectivity index (χ1v) is 3.35. The molecule has 10 heavy (non-hydrogen) atoms. The Labute approximate surface area is 58.8 Å². The van der Waals surface area contributed by atoms with Crippen LogP contribution in [0.3, 0.4) is 0 Å². The van der Waals surface area contributed by atoms with Gasteiger partial charge >= 0.3 is 0 Å². The van der Waals surface area contributed by atoms with Crippen LogP contribution in [-0.2, 0) is 6.42 Å². The molecule has 3 heteroatoms. The van der Waals surface area contributed by atoms with E-state index in [9.17, 15) is 5.11 Å². The van der Waals surface area contributed by atoms with Crippen molar-refractivity contribution in [1.82, 2.24) is 9.97 Å². The SMILES string of the molecule is O[C@@H]1CCc2cncnc21. The van der Waals surface area contributed by atoms with E-state index in [4.69, 9.17) is 0 Å². The molecule has 1 aromatic rings. The number of nitrogens with zero attached hydrogens (tertiary/aromatic N) is 2. The molecule has 0 unspecified atom stereocenters. The first-order valence-electron chi connectivity index (χ1n) is 3.35. The van der Waals surface area contributed by atoms with Crippen LogP contribution in [0.5, 0.6) is 0 Å². The first-order chi connectivity index (χ1) is 4.88. The number of aliphatic hydroxyl groups is 1. The lowest BCUT2D eigenvalue weighted by molar-refractivity contribution is 0.175. The molecule has 0 saturated heterocycles. The molecule has 52 valence electrons. The van der Waals surface area contributed by atoms with Gasteiger partial charge in [-0.15, -0.1) is 0 Å². The van der Waals surface area contributed by atoms with Crippen LogP contribution in [0.2, 0.25) is 0 Å². The van der Waals surface area contributed by atoms with E-state index in [-0.39, 0.29) is 6.10 Å². The van der Waals surface area contributed by atoms with Crippen molar-refractivity contribution < 1.29 is 5.11 Å². The van der Waals surface area contributed by atoms with E-state index in [1.54, 1.807) is 6.20 Å². The van der Waals surface area contributed by atoms with Crippen molar-refractivity contribution >= 4 is 0 Å². The zero-order valence-electron chi connectivity index (χ0n) is 5.49. The van der Waals surface area contributed by atoms with Crippen molar-refractivity contribution in [2.45, 2.75) is 18.9 Å². The molecule has 1 atom stereocenters.